The summed E-state index contributed by atoms with van der Waals surface area (Å²) in [5.74, 6) is -1.29. The highest BCUT2D eigenvalue weighted by Gasteiger charge is 2.13. The Kier molecular flexibility index (Phi) is 7.19. The molecule has 0 heterocycles. The van der Waals surface area contributed by atoms with Crippen molar-refractivity contribution < 1.29 is 23.9 Å². The molecular weight excluding hydrogens is 372 g/mol. The third-order valence-electron chi connectivity index (χ3n) is 3.55. The van der Waals surface area contributed by atoms with Crippen LogP contribution in [0.15, 0.2) is 42.5 Å². The minimum Gasteiger partial charge on any atom is -0.495 e. The van der Waals surface area contributed by atoms with Crippen molar-refractivity contribution in [1.82, 2.24) is 5.32 Å². The van der Waals surface area contributed by atoms with E-state index in [1.165, 1.54) is 7.11 Å². The Morgan fingerprint density at radius 1 is 1.11 bits per heavy atom. The van der Waals surface area contributed by atoms with Crippen LogP contribution >= 0.6 is 11.6 Å². The fourth-order valence-electron chi connectivity index (χ4n) is 2.16. The van der Waals surface area contributed by atoms with Gasteiger partial charge in [-0.15, -0.1) is 0 Å². The van der Waals surface area contributed by atoms with Gasteiger partial charge in [0.15, 0.2) is 6.61 Å². The zero-order chi connectivity index (χ0) is 19.8. The zero-order valence-electron chi connectivity index (χ0n) is 14.9. The highest BCUT2D eigenvalue weighted by Crippen LogP contribution is 2.30. The number of hydrogen-bond acceptors (Lipinski definition) is 5. The minimum absolute atomic E-state index is 0.343. The molecule has 2 amide bonds. The summed E-state index contributed by atoms with van der Waals surface area (Å²) in [6, 6.07) is 11.7. The van der Waals surface area contributed by atoms with Gasteiger partial charge in [-0.3, -0.25) is 14.4 Å². The van der Waals surface area contributed by atoms with E-state index in [4.69, 9.17) is 21.1 Å². The van der Waals surface area contributed by atoms with Crippen LogP contribution in [-0.2, 0) is 14.3 Å². The molecule has 0 aliphatic heterocycles. The second-order valence-electron chi connectivity index (χ2n) is 5.56. The van der Waals surface area contributed by atoms with Gasteiger partial charge in [-0.1, -0.05) is 29.8 Å². The molecule has 2 rings (SSSR count). The number of hydrogen-bond donors (Lipinski definition) is 2. The lowest BCUT2D eigenvalue weighted by Gasteiger charge is -2.12. The predicted octanol–water partition coefficient (Wildman–Crippen LogP) is 2.57. The molecule has 2 aromatic rings. The van der Waals surface area contributed by atoms with E-state index < -0.39 is 24.4 Å². The highest BCUT2D eigenvalue weighted by atomic mass is 35.5. The summed E-state index contributed by atoms with van der Waals surface area (Å²) in [7, 11) is 1.45. The molecule has 7 nitrogen and oxygen atoms in total. The maximum absolute atomic E-state index is 12.0. The lowest BCUT2D eigenvalue weighted by molar-refractivity contribution is -0.146. The quantitative estimate of drug-likeness (QED) is 0.709. The van der Waals surface area contributed by atoms with Crippen molar-refractivity contribution in [2.24, 2.45) is 0 Å². The fourth-order valence-corrected chi connectivity index (χ4v) is 2.31. The number of benzene rings is 2. The Morgan fingerprint density at radius 3 is 2.48 bits per heavy atom. The number of amides is 2. The average molecular weight is 391 g/mol. The van der Waals surface area contributed by atoms with Gasteiger partial charge in [-0.2, -0.15) is 0 Å². The lowest BCUT2D eigenvalue weighted by atomic mass is 10.2. The standard InChI is InChI=1S/C19H19ClN2O5/c1-12-8-15(16(26-2)9-14(12)20)22-17(23)11-27-18(24)10-21-19(25)13-6-4-3-5-7-13/h3-9H,10-11H2,1-2H3,(H,21,25)(H,22,23). The average Bonchev–Trinajstić information content (AvgIpc) is 2.67. The molecular formula is C19H19ClN2O5. The molecule has 0 aromatic heterocycles. The first-order chi connectivity index (χ1) is 12.9. The van der Waals surface area contributed by atoms with Gasteiger partial charge in [-0.05, 0) is 30.7 Å². The monoisotopic (exact) mass is 390 g/mol. The number of carbonyl (C=O) groups is 3. The molecule has 0 spiro atoms. The van der Waals surface area contributed by atoms with Crippen molar-refractivity contribution in [3.63, 3.8) is 0 Å². The Labute approximate surface area is 161 Å². The predicted molar refractivity (Wildman–Crippen MR) is 101 cm³/mol. The van der Waals surface area contributed by atoms with E-state index in [0.29, 0.717) is 22.0 Å². The highest BCUT2D eigenvalue weighted by molar-refractivity contribution is 6.31. The molecule has 0 fully saturated rings. The Morgan fingerprint density at radius 2 is 1.81 bits per heavy atom. The van der Waals surface area contributed by atoms with Crippen molar-refractivity contribution in [1.29, 1.82) is 0 Å². The molecule has 27 heavy (non-hydrogen) atoms. The van der Waals surface area contributed by atoms with Crippen molar-refractivity contribution in [3.8, 4) is 5.75 Å². The smallest absolute Gasteiger partial charge is 0.325 e. The van der Waals surface area contributed by atoms with Crippen LogP contribution in [0.5, 0.6) is 5.75 Å². The van der Waals surface area contributed by atoms with Gasteiger partial charge in [0, 0.05) is 16.7 Å². The topological polar surface area (TPSA) is 93.7 Å². The van der Waals surface area contributed by atoms with Crippen LogP contribution in [0.3, 0.4) is 0 Å². The molecule has 0 aliphatic carbocycles. The van der Waals surface area contributed by atoms with Crippen LogP contribution in [0.4, 0.5) is 5.69 Å². The van der Waals surface area contributed by atoms with Crippen LogP contribution in [0, 0.1) is 6.92 Å². The molecule has 2 aromatic carbocycles. The summed E-state index contributed by atoms with van der Waals surface area (Å²) in [4.78, 5) is 35.5. The number of methoxy groups -OCH3 is 1. The summed E-state index contributed by atoms with van der Waals surface area (Å²) in [5.41, 5.74) is 1.60. The van der Waals surface area contributed by atoms with Gasteiger partial charge in [0.2, 0.25) is 0 Å². The molecule has 142 valence electrons. The second kappa shape index (κ2) is 9.59. The van der Waals surface area contributed by atoms with Crippen LogP contribution in [0.2, 0.25) is 5.02 Å². The molecule has 0 saturated carbocycles. The molecule has 0 saturated heterocycles. The fraction of sp³-hybridized carbons (Fsp3) is 0.211. The second-order valence-corrected chi connectivity index (χ2v) is 5.97. The summed E-state index contributed by atoms with van der Waals surface area (Å²) in [6.07, 6.45) is 0. The summed E-state index contributed by atoms with van der Waals surface area (Å²) >= 11 is 6.01. The number of ether oxygens (including phenoxy) is 2. The Balaban J connectivity index is 1.81. The van der Waals surface area contributed by atoms with E-state index >= 15 is 0 Å². The third-order valence-corrected chi connectivity index (χ3v) is 3.96. The first kappa shape index (κ1) is 20.3. The third kappa shape index (κ3) is 6.00. The van der Waals surface area contributed by atoms with Crippen LogP contribution < -0.4 is 15.4 Å². The SMILES string of the molecule is COc1cc(Cl)c(C)cc1NC(=O)COC(=O)CNC(=O)c1ccccc1. The molecule has 0 radical (unpaired) electrons. The van der Waals surface area contributed by atoms with E-state index in [2.05, 4.69) is 10.6 Å². The molecule has 0 unspecified atom stereocenters. The van der Waals surface area contributed by atoms with E-state index in [-0.39, 0.29) is 6.54 Å². The Bertz CT molecular complexity index is 839. The molecule has 0 atom stereocenters. The normalized spacial score (nSPS) is 10.0. The lowest BCUT2D eigenvalue weighted by Crippen LogP contribution is -2.32. The van der Waals surface area contributed by atoms with Crippen LogP contribution in [-0.4, -0.2) is 38.0 Å². The van der Waals surface area contributed by atoms with Crippen molar-refractivity contribution in [3.05, 3.63) is 58.6 Å². The number of rotatable bonds is 7. The van der Waals surface area contributed by atoms with Gasteiger partial charge in [0.05, 0.1) is 12.8 Å². The number of anilines is 1. The summed E-state index contributed by atoms with van der Waals surface area (Å²) in [5, 5.41) is 5.52. The maximum atomic E-state index is 12.0. The van der Waals surface area contributed by atoms with Gasteiger partial charge in [0.1, 0.15) is 12.3 Å². The molecule has 8 heteroatoms. The van der Waals surface area contributed by atoms with E-state index in [9.17, 15) is 14.4 Å². The molecule has 2 N–H and O–H groups in total. The zero-order valence-corrected chi connectivity index (χ0v) is 15.6. The van der Waals surface area contributed by atoms with E-state index in [0.717, 1.165) is 5.56 Å². The van der Waals surface area contributed by atoms with Crippen LogP contribution in [0.25, 0.3) is 0 Å². The Hall–Kier alpha value is -3.06. The van der Waals surface area contributed by atoms with E-state index in [1.807, 2.05) is 0 Å². The van der Waals surface area contributed by atoms with Crippen molar-refractivity contribution >= 4 is 35.1 Å². The van der Waals surface area contributed by atoms with E-state index in [1.54, 1.807) is 49.4 Å². The molecule has 0 bridgehead atoms. The number of aryl methyl sites for hydroxylation is 1. The van der Waals surface area contributed by atoms with Gasteiger partial charge in [-0.25, -0.2) is 0 Å². The van der Waals surface area contributed by atoms with Crippen molar-refractivity contribution in [2.45, 2.75) is 6.92 Å². The minimum atomic E-state index is -0.728. The van der Waals surface area contributed by atoms with Crippen molar-refractivity contribution in [2.75, 3.05) is 25.6 Å². The van der Waals surface area contributed by atoms with Gasteiger partial charge in [0.25, 0.3) is 11.8 Å². The number of halogens is 1. The number of nitrogens with one attached hydrogen (secondary N) is 2. The van der Waals surface area contributed by atoms with Crippen LogP contribution in [0.1, 0.15) is 15.9 Å². The summed E-state index contributed by atoms with van der Waals surface area (Å²) in [6.45, 7) is 0.947. The number of esters is 1. The maximum Gasteiger partial charge on any atom is 0.325 e. The van der Waals surface area contributed by atoms with Gasteiger partial charge < -0.3 is 20.1 Å². The number of carbonyl (C=O) groups excluding carboxylic acids is 3. The largest absolute Gasteiger partial charge is 0.495 e. The first-order valence-electron chi connectivity index (χ1n) is 8.03. The summed E-state index contributed by atoms with van der Waals surface area (Å²) < 4.78 is 10.0. The first-order valence-corrected chi connectivity index (χ1v) is 8.41. The van der Waals surface area contributed by atoms with Gasteiger partial charge >= 0.3 is 5.97 Å². The molecule has 0 aliphatic rings.